The lowest BCUT2D eigenvalue weighted by molar-refractivity contribution is -0.385. The second-order valence-corrected chi connectivity index (χ2v) is 5.54. The van der Waals surface area contributed by atoms with Crippen LogP contribution in [0.3, 0.4) is 0 Å². The number of amides is 1. The second-order valence-electron chi connectivity index (χ2n) is 4.19. The molecule has 21 heavy (non-hydrogen) atoms. The van der Waals surface area contributed by atoms with E-state index in [0.717, 1.165) is 16.1 Å². The number of nitrogens with zero attached hydrogens (tertiary/aromatic N) is 2. The first-order chi connectivity index (χ1) is 9.88. The Morgan fingerprint density at radius 3 is 2.76 bits per heavy atom. The second kappa shape index (κ2) is 6.19. The highest BCUT2D eigenvalue weighted by Gasteiger charge is 2.21. The Morgan fingerprint density at radius 2 is 2.14 bits per heavy atom. The molecule has 1 heterocycles. The first-order valence-corrected chi connectivity index (χ1v) is 6.93. The third-order valence-electron chi connectivity index (χ3n) is 2.68. The number of hydrogen-bond acceptors (Lipinski definition) is 4. The van der Waals surface area contributed by atoms with E-state index in [1.165, 1.54) is 18.3 Å². The largest absolute Gasteiger partial charge is 0.306 e. The van der Waals surface area contributed by atoms with Gasteiger partial charge in [-0.1, -0.05) is 11.6 Å². The van der Waals surface area contributed by atoms with Crippen molar-refractivity contribution < 1.29 is 9.72 Å². The Hall–Kier alpha value is -1.99. The number of nitrogens with one attached hydrogen (secondary N) is 1. The van der Waals surface area contributed by atoms with E-state index in [-0.39, 0.29) is 16.3 Å². The molecule has 2 rings (SSSR count). The SMILES string of the molecule is Cc1cc(Br)cnc1NC(=O)c1ccc(Cl)cc1[N+](=O)[O-]. The van der Waals surface area contributed by atoms with E-state index in [0.29, 0.717) is 5.82 Å². The third kappa shape index (κ3) is 3.56. The number of carbonyl (C=O) groups excluding carboxylic acids is 1. The molecule has 108 valence electrons. The van der Waals surface area contributed by atoms with Crippen LogP contribution in [-0.2, 0) is 0 Å². The predicted molar refractivity (Wildman–Crippen MR) is 82.7 cm³/mol. The fourth-order valence-electron chi connectivity index (χ4n) is 1.69. The minimum absolute atomic E-state index is 0.0754. The summed E-state index contributed by atoms with van der Waals surface area (Å²) in [6.07, 6.45) is 1.53. The number of benzene rings is 1. The standard InChI is InChI=1S/C13H9BrClN3O3/c1-7-4-8(14)6-16-12(7)17-13(19)10-3-2-9(15)5-11(10)18(20)21/h2-6H,1H3,(H,16,17,19). The van der Waals surface area contributed by atoms with Gasteiger partial charge in [0.15, 0.2) is 0 Å². The zero-order valence-corrected chi connectivity index (χ0v) is 13.1. The van der Waals surface area contributed by atoms with Crippen molar-refractivity contribution >= 4 is 44.9 Å². The first kappa shape index (κ1) is 15.4. The van der Waals surface area contributed by atoms with Crippen molar-refractivity contribution in [3.63, 3.8) is 0 Å². The van der Waals surface area contributed by atoms with Crippen molar-refractivity contribution in [3.8, 4) is 0 Å². The van der Waals surface area contributed by atoms with Gasteiger partial charge in [-0.3, -0.25) is 14.9 Å². The molecule has 0 bridgehead atoms. The maximum absolute atomic E-state index is 12.2. The summed E-state index contributed by atoms with van der Waals surface area (Å²) in [6, 6.07) is 5.65. The number of aryl methyl sites for hydroxylation is 1. The van der Waals surface area contributed by atoms with Gasteiger partial charge >= 0.3 is 0 Å². The van der Waals surface area contributed by atoms with Gasteiger partial charge in [0.1, 0.15) is 11.4 Å². The summed E-state index contributed by atoms with van der Waals surface area (Å²) in [7, 11) is 0. The number of anilines is 1. The molecular formula is C13H9BrClN3O3. The third-order valence-corrected chi connectivity index (χ3v) is 3.35. The van der Waals surface area contributed by atoms with Crippen LogP contribution in [0.2, 0.25) is 5.02 Å². The molecule has 1 aromatic heterocycles. The van der Waals surface area contributed by atoms with E-state index < -0.39 is 10.8 Å². The van der Waals surface area contributed by atoms with Gasteiger partial charge in [0, 0.05) is 21.8 Å². The van der Waals surface area contributed by atoms with Crippen LogP contribution in [0.25, 0.3) is 0 Å². The Bertz CT molecular complexity index is 737. The highest BCUT2D eigenvalue weighted by Crippen LogP contribution is 2.25. The van der Waals surface area contributed by atoms with Crippen LogP contribution in [0, 0.1) is 17.0 Å². The zero-order chi connectivity index (χ0) is 15.6. The minimum Gasteiger partial charge on any atom is -0.306 e. The van der Waals surface area contributed by atoms with Crippen molar-refractivity contribution in [3.05, 3.63) is 61.2 Å². The topological polar surface area (TPSA) is 85.1 Å². The van der Waals surface area contributed by atoms with Gasteiger partial charge in [-0.2, -0.15) is 0 Å². The number of nitro benzene ring substituents is 1. The maximum atomic E-state index is 12.2. The van der Waals surface area contributed by atoms with E-state index >= 15 is 0 Å². The average molecular weight is 371 g/mol. The van der Waals surface area contributed by atoms with Gasteiger partial charge in [-0.05, 0) is 46.6 Å². The summed E-state index contributed by atoms with van der Waals surface area (Å²) in [4.78, 5) is 26.6. The molecule has 1 N–H and O–H groups in total. The number of nitro groups is 1. The lowest BCUT2D eigenvalue weighted by Gasteiger charge is -2.08. The molecule has 6 nitrogen and oxygen atoms in total. The van der Waals surface area contributed by atoms with Crippen molar-refractivity contribution in [2.24, 2.45) is 0 Å². The number of aromatic nitrogens is 1. The van der Waals surface area contributed by atoms with Crippen LogP contribution >= 0.6 is 27.5 Å². The normalized spacial score (nSPS) is 10.2. The monoisotopic (exact) mass is 369 g/mol. The van der Waals surface area contributed by atoms with E-state index in [4.69, 9.17) is 11.6 Å². The quantitative estimate of drug-likeness (QED) is 0.654. The number of pyridine rings is 1. The van der Waals surface area contributed by atoms with Crippen LogP contribution in [0.15, 0.2) is 34.9 Å². The molecule has 0 radical (unpaired) electrons. The number of carbonyl (C=O) groups is 1. The van der Waals surface area contributed by atoms with Gasteiger partial charge in [0.05, 0.1) is 4.92 Å². The highest BCUT2D eigenvalue weighted by molar-refractivity contribution is 9.10. The minimum atomic E-state index is -0.650. The summed E-state index contributed by atoms with van der Waals surface area (Å²) >= 11 is 8.98. The van der Waals surface area contributed by atoms with E-state index in [9.17, 15) is 14.9 Å². The molecule has 8 heteroatoms. The molecule has 0 aliphatic rings. The van der Waals surface area contributed by atoms with E-state index in [1.807, 2.05) is 0 Å². The highest BCUT2D eigenvalue weighted by atomic mass is 79.9. The lowest BCUT2D eigenvalue weighted by atomic mass is 10.1. The fraction of sp³-hybridized carbons (Fsp3) is 0.0769. The molecular weight excluding hydrogens is 362 g/mol. The first-order valence-electron chi connectivity index (χ1n) is 5.76. The molecule has 1 aromatic carbocycles. The van der Waals surface area contributed by atoms with Crippen LogP contribution in [-0.4, -0.2) is 15.8 Å². The number of halogens is 2. The summed E-state index contributed by atoms with van der Waals surface area (Å²) < 4.78 is 0.774. The summed E-state index contributed by atoms with van der Waals surface area (Å²) in [5, 5.41) is 13.7. The summed E-state index contributed by atoms with van der Waals surface area (Å²) in [5.74, 6) is -0.274. The summed E-state index contributed by atoms with van der Waals surface area (Å²) in [5.41, 5.74) is 0.303. The van der Waals surface area contributed by atoms with Crippen molar-refractivity contribution in [1.29, 1.82) is 0 Å². The molecule has 0 saturated carbocycles. The van der Waals surface area contributed by atoms with Crippen LogP contribution in [0.5, 0.6) is 0 Å². The molecule has 1 amide bonds. The van der Waals surface area contributed by atoms with Crippen molar-refractivity contribution in [2.45, 2.75) is 6.92 Å². The average Bonchev–Trinajstić information content (AvgIpc) is 2.41. The Kier molecular flexibility index (Phi) is 4.54. The molecule has 0 fully saturated rings. The molecule has 0 aliphatic carbocycles. The maximum Gasteiger partial charge on any atom is 0.283 e. The van der Waals surface area contributed by atoms with Crippen LogP contribution in [0.1, 0.15) is 15.9 Å². The predicted octanol–water partition coefficient (Wildman–Crippen LogP) is 3.97. The molecule has 0 unspecified atom stereocenters. The van der Waals surface area contributed by atoms with Gasteiger partial charge < -0.3 is 5.32 Å². The lowest BCUT2D eigenvalue weighted by Crippen LogP contribution is -2.15. The van der Waals surface area contributed by atoms with Crippen LogP contribution in [0.4, 0.5) is 11.5 Å². The van der Waals surface area contributed by atoms with Gasteiger partial charge in [0.2, 0.25) is 0 Å². The molecule has 0 aliphatic heterocycles. The summed E-state index contributed by atoms with van der Waals surface area (Å²) in [6.45, 7) is 1.77. The van der Waals surface area contributed by atoms with Crippen molar-refractivity contribution in [2.75, 3.05) is 5.32 Å². The Balaban J connectivity index is 2.34. The number of rotatable bonds is 3. The molecule has 0 atom stereocenters. The molecule has 2 aromatic rings. The van der Waals surface area contributed by atoms with Gasteiger partial charge in [-0.25, -0.2) is 4.98 Å². The zero-order valence-electron chi connectivity index (χ0n) is 10.8. The van der Waals surface area contributed by atoms with E-state index in [2.05, 4.69) is 26.2 Å². The van der Waals surface area contributed by atoms with Gasteiger partial charge in [-0.15, -0.1) is 0 Å². The Labute approximate surface area is 133 Å². The van der Waals surface area contributed by atoms with Crippen LogP contribution < -0.4 is 5.32 Å². The Morgan fingerprint density at radius 1 is 1.43 bits per heavy atom. The van der Waals surface area contributed by atoms with Crippen molar-refractivity contribution in [1.82, 2.24) is 4.98 Å². The smallest absolute Gasteiger partial charge is 0.283 e. The fourth-order valence-corrected chi connectivity index (χ4v) is 2.31. The van der Waals surface area contributed by atoms with E-state index in [1.54, 1.807) is 13.0 Å². The molecule has 0 saturated heterocycles. The van der Waals surface area contributed by atoms with Gasteiger partial charge in [0.25, 0.3) is 11.6 Å². The molecule has 0 spiro atoms. The number of hydrogen-bond donors (Lipinski definition) is 1.